The number of nitrogens with one attached hydrogen (secondary N) is 1. The molecule has 0 aliphatic carbocycles. The molecule has 0 radical (unpaired) electrons. The van der Waals surface area contributed by atoms with Gasteiger partial charge in [-0.25, -0.2) is 22.4 Å². The molecule has 5 heterocycles. The summed E-state index contributed by atoms with van der Waals surface area (Å²) in [4.78, 5) is 29.4. The van der Waals surface area contributed by atoms with Crippen LogP contribution in [0.5, 0.6) is 11.5 Å². The zero-order valence-corrected chi connectivity index (χ0v) is 34.1. The molecular formula is C43H44N3O11PS. The van der Waals surface area contributed by atoms with E-state index in [0.717, 1.165) is 34.1 Å². The van der Waals surface area contributed by atoms with Crippen LogP contribution in [0.3, 0.4) is 0 Å². The van der Waals surface area contributed by atoms with Crippen molar-refractivity contribution in [1.29, 1.82) is 0 Å². The Morgan fingerprint density at radius 3 is 2.10 bits per heavy atom. The van der Waals surface area contributed by atoms with Crippen molar-refractivity contribution in [1.82, 2.24) is 14.2 Å². The minimum atomic E-state index is -3.68. The fraction of sp³-hybridized carbons (Fsp3) is 0.349. The lowest BCUT2D eigenvalue weighted by Crippen LogP contribution is -2.49. The first-order valence-electron chi connectivity index (χ1n) is 19.4. The number of methoxy groups -OCH3 is 2. The van der Waals surface area contributed by atoms with Gasteiger partial charge < -0.3 is 37.7 Å². The smallest absolute Gasteiger partial charge is 0.330 e. The quantitative estimate of drug-likeness (QED) is 0.116. The van der Waals surface area contributed by atoms with E-state index in [1.807, 2.05) is 78.9 Å². The van der Waals surface area contributed by atoms with E-state index in [2.05, 4.69) is 9.65 Å². The number of hydrogen-bond acceptors (Lipinski definition) is 12. The van der Waals surface area contributed by atoms with Crippen molar-refractivity contribution in [2.75, 3.05) is 39.7 Å². The summed E-state index contributed by atoms with van der Waals surface area (Å²) in [5, 5.41) is 0. The number of rotatable bonds is 14. The van der Waals surface area contributed by atoms with Gasteiger partial charge in [-0.3, -0.25) is 4.79 Å². The van der Waals surface area contributed by atoms with Crippen LogP contribution in [0.2, 0.25) is 0 Å². The van der Waals surface area contributed by atoms with Crippen LogP contribution < -0.4 is 20.7 Å². The fourth-order valence-electron chi connectivity index (χ4n) is 8.71. The Labute approximate surface area is 342 Å². The van der Waals surface area contributed by atoms with Crippen LogP contribution in [0.1, 0.15) is 35.8 Å². The lowest BCUT2D eigenvalue weighted by molar-refractivity contribution is -0.204. The number of benzene rings is 4. The molecule has 16 heteroatoms. The van der Waals surface area contributed by atoms with Crippen LogP contribution in [0, 0.1) is 0 Å². The minimum absolute atomic E-state index is 0.00678. The van der Waals surface area contributed by atoms with Crippen LogP contribution in [0.15, 0.2) is 136 Å². The Morgan fingerprint density at radius 2 is 1.47 bits per heavy atom. The molecule has 7 atom stereocenters. The summed E-state index contributed by atoms with van der Waals surface area (Å²) in [6.45, 7) is 0.524. The van der Waals surface area contributed by atoms with Crippen molar-refractivity contribution in [3.8, 4) is 11.5 Å². The Kier molecular flexibility index (Phi) is 10.8. The number of nitrogens with zero attached hydrogens (tertiary/aromatic N) is 2. The van der Waals surface area contributed by atoms with Crippen LogP contribution in [0.4, 0.5) is 0 Å². The number of ether oxygens (including phenoxy) is 5. The summed E-state index contributed by atoms with van der Waals surface area (Å²) in [7, 11) is -2.30. The fourth-order valence-corrected chi connectivity index (χ4v) is 12.4. The Morgan fingerprint density at radius 1 is 0.847 bits per heavy atom. The van der Waals surface area contributed by atoms with Crippen molar-refractivity contribution in [2.45, 2.75) is 59.5 Å². The van der Waals surface area contributed by atoms with Gasteiger partial charge in [0.2, 0.25) is 0 Å². The monoisotopic (exact) mass is 841 g/mol. The van der Waals surface area contributed by atoms with E-state index in [1.165, 1.54) is 12.3 Å². The molecule has 4 aliphatic heterocycles. The summed E-state index contributed by atoms with van der Waals surface area (Å²) in [5.74, 6) is 1.12. The largest absolute Gasteiger partial charge is 0.497 e. The molecule has 4 aliphatic rings. The maximum Gasteiger partial charge on any atom is 0.330 e. The summed E-state index contributed by atoms with van der Waals surface area (Å²) in [6.07, 6.45) is -0.783. The van der Waals surface area contributed by atoms with Crippen molar-refractivity contribution < 1.29 is 41.1 Å². The molecule has 0 saturated carbocycles. The molecule has 59 heavy (non-hydrogen) atoms. The van der Waals surface area contributed by atoms with E-state index in [-0.39, 0.29) is 29.9 Å². The first kappa shape index (κ1) is 39.7. The van der Waals surface area contributed by atoms with E-state index < -0.39 is 65.4 Å². The molecule has 1 aromatic heterocycles. The molecule has 9 rings (SSSR count). The molecule has 0 spiro atoms. The standard InChI is InChI=1S/C43H44N3O11PS/c1-51-32-19-15-30(16-20-32)43(29-10-5-3-6-11-29,31-17-21-33(52-2)22-18-31)54-28-42-27-53-38(40(55-42)46-37(47)23-24-44-41(46)48)39(42)57-58-45-25-9-14-35(45)36(56-58)26-59(49,50)34-12-7-4-8-13-34/h3-8,10-13,15-24,35-36,38-40H,9,14,25-28H2,1-2H3,(H,44,48)/t35-,36+,38+,39-,40+,42+,58-/m0/s1. The zero-order chi connectivity index (χ0) is 40.8. The van der Waals surface area contributed by atoms with Gasteiger partial charge in [0.05, 0.1) is 44.2 Å². The van der Waals surface area contributed by atoms with Gasteiger partial charge >= 0.3 is 5.69 Å². The highest BCUT2D eigenvalue weighted by Gasteiger charge is 2.66. The maximum absolute atomic E-state index is 13.6. The Balaban J connectivity index is 1.11. The van der Waals surface area contributed by atoms with Gasteiger partial charge in [0.15, 0.2) is 16.1 Å². The number of sulfone groups is 1. The summed E-state index contributed by atoms with van der Waals surface area (Å²) >= 11 is 0. The number of aromatic amines is 1. The van der Waals surface area contributed by atoms with Gasteiger partial charge in [0.1, 0.15) is 34.9 Å². The predicted molar refractivity (Wildman–Crippen MR) is 217 cm³/mol. The second kappa shape index (κ2) is 16.1. The molecule has 0 amide bonds. The molecule has 14 nitrogen and oxygen atoms in total. The topological polar surface area (TPSA) is 157 Å². The molecule has 1 N–H and O–H groups in total. The third-order valence-electron chi connectivity index (χ3n) is 11.6. The molecule has 5 aromatic rings. The van der Waals surface area contributed by atoms with Crippen molar-refractivity contribution in [2.24, 2.45) is 0 Å². The summed E-state index contributed by atoms with van der Waals surface area (Å²) < 4.78 is 75.5. The van der Waals surface area contributed by atoms with Gasteiger partial charge in [0, 0.05) is 24.8 Å². The van der Waals surface area contributed by atoms with Gasteiger partial charge in [-0.1, -0.05) is 72.8 Å². The predicted octanol–water partition coefficient (Wildman–Crippen LogP) is 5.18. The third-order valence-corrected chi connectivity index (χ3v) is 15.2. The van der Waals surface area contributed by atoms with Crippen LogP contribution >= 0.6 is 8.53 Å². The van der Waals surface area contributed by atoms with E-state index in [1.54, 1.807) is 44.6 Å². The highest BCUT2D eigenvalue weighted by atomic mass is 32.2. The van der Waals surface area contributed by atoms with E-state index >= 15 is 0 Å². The average molecular weight is 842 g/mol. The first-order valence-corrected chi connectivity index (χ1v) is 22.2. The third kappa shape index (κ3) is 7.13. The average Bonchev–Trinajstić information content (AvgIpc) is 4.03. The van der Waals surface area contributed by atoms with E-state index in [4.69, 9.17) is 32.7 Å². The molecule has 4 fully saturated rings. The normalized spacial score (nSPS) is 26.5. The highest BCUT2D eigenvalue weighted by molar-refractivity contribution is 7.91. The van der Waals surface area contributed by atoms with E-state index in [9.17, 15) is 18.0 Å². The van der Waals surface area contributed by atoms with Gasteiger partial charge in [-0.2, -0.15) is 0 Å². The molecule has 2 bridgehead atoms. The molecule has 4 saturated heterocycles. The molecule has 0 unspecified atom stereocenters. The minimum Gasteiger partial charge on any atom is -0.497 e. The molecular weight excluding hydrogens is 798 g/mol. The van der Waals surface area contributed by atoms with Crippen molar-refractivity contribution in [3.05, 3.63) is 159 Å². The van der Waals surface area contributed by atoms with Crippen LogP contribution in [0.25, 0.3) is 0 Å². The van der Waals surface area contributed by atoms with Crippen LogP contribution in [-0.2, 0) is 38.7 Å². The second-order valence-electron chi connectivity index (χ2n) is 15.0. The first-order chi connectivity index (χ1) is 28.7. The lowest BCUT2D eigenvalue weighted by atomic mass is 9.79. The van der Waals surface area contributed by atoms with Crippen molar-refractivity contribution >= 4 is 18.4 Å². The second-order valence-corrected chi connectivity index (χ2v) is 18.5. The Bertz CT molecular complexity index is 2410. The number of aromatic nitrogens is 2. The summed E-state index contributed by atoms with van der Waals surface area (Å²) in [6, 6.07) is 34.5. The van der Waals surface area contributed by atoms with Crippen molar-refractivity contribution in [3.63, 3.8) is 0 Å². The SMILES string of the molecule is COc1ccc(C(OC[C@@]23CO[C@@H]([C@H](n4c(=O)cc[nH]c4=O)O2)[C@@H]3O[P@]2O[C@H](CS(=O)(=O)c3ccccc3)[C@@H]3CCCN32)(c2ccccc2)c2ccc(OC)cc2)cc1. The van der Waals surface area contributed by atoms with E-state index in [0.29, 0.717) is 18.0 Å². The zero-order valence-electron chi connectivity index (χ0n) is 32.4. The highest BCUT2D eigenvalue weighted by Crippen LogP contribution is 2.60. The van der Waals surface area contributed by atoms with Crippen LogP contribution in [-0.4, -0.2) is 92.3 Å². The number of H-pyrrole nitrogens is 1. The lowest BCUT2D eigenvalue weighted by Gasteiger charge is -2.40. The molecule has 4 aromatic carbocycles. The molecule has 308 valence electrons. The van der Waals surface area contributed by atoms with Gasteiger partial charge in [0.25, 0.3) is 14.1 Å². The number of hydrogen-bond donors (Lipinski definition) is 1. The Hall–Kier alpha value is -4.70. The van der Waals surface area contributed by atoms with Gasteiger partial charge in [-0.15, -0.1) is 0 Å². The maximum atomic E-state index is 13.6. The van der Waals surface area contributed by atoms with Gasteiger partial charge in [-0.05, 0) is 65.9 Å². The summed E-state index contributed by atoms with van der Waals surface area (Å²) in [5.41, 5.74) is -1.47. The number of fused-ring (bicyclic) bond motifs is 3.